The molecule has 26 heavy (non-hydrogen) atoms. The van der Waals surface area contributed by atoms with Crippen molar-refractivity contribution in [1.29, 1.82) is 0 Å². The Labute approximate surface area is 158 Å². The second-order valence-electron chi connectivity index (χ2n) is 6.34. The molecule has 0 aliphatic carbocycles. The molecule has 0 radical (unpaired) electrons. The van der Waals surface area contributed by atoms with Gasteiger partial charge in [-0.05, 0) is 32.1 Å². The van der Waals surface area contributed by atoms with E-state index in [0.29, 0.717) is 0 Å². The summed E-state index contributed by atoms with van der Waals surface area (Å²) in [5.74, 6) is 2.31. The minimum absolute atomic E-state index is 0.863. The molecule has 1 aliphatic heterocycles. The smallest absolute Gasteiger partial charge is 0.323 e. The van der Waals surface area contributed by atoms with Gasteiger partial charge >= 0.3 is 5.65 Å². The topological polar surface area (TPSA) is 37.8 Å². The van der Waals surface area contributed by atoms with Crippen molar-refractivity contribution in [3.8, 4) is 0 Å². The number of aromatic nitrogens is 4. The SMILES string of the molecule is CCn1c(/C=C/C=C2/SCCN2C)[n+](CC)c2nc3ccccc3nc21. The van der Waals surface area contributed by atoms with Gasteiger partial charge in [0, 0.05) is 25.4 Å². The molecule has 0 unspecified atom stereocenters. The number of fused-ring (bicyclic) bond motifs is 2. The van der Waals surface area contributed by atoms with Crippen molar-refractivity contribution in [1.82, 2.24) is 19.4 Å². The fraction of sp³-hybridized carbons (Fsp3) is 0.350. The lowest BCUT2D eigenvalue weighted by Crippen LogP contribution is -2.35. The third-order valence-electron chi connectivity index (χ3n) is 4.77. The van der Waals surface area contributed by atoms with E-state index in [4.69, 9.17) is 9.97 Å². The predicted molar refractivity (Wildman–Crippen MR) is 109 cm³/mol. The molecule has 0 spiro atoms. The molecule has 3 aromatic rings. The van der Waals surface area contributed by atoms with E-state index in [2.05, 4.69) is 53.2 Å². The van der Waals surface area contributed by atoms with Gasteiger partial charge in [0.05, 0.1) is 18.1 Å². The molecule has 1 saturated heterocycles. The van der Waals surface area contributed by atoms with Crippen LogP contribution in [0.1, 0.15) is 19.7 Å². The van der Waals surface area contributed by atoms with Crippen LogP contribution in [0.2, 0.25) is 0 Å². The highest BCUT2D eigenvalue weighted by Crippen LogP contribution is 2.25. The van der Waals surface area contributed by atoms with Gasteiger partial charge in [-0.3, -0.25) is 0 Å². The zero-order valence-corrected chi connectivity index (χ0v) is 16.3. The number of rotatable bonds is 4. The molecule has 5 nitrogen and oxygen atoms in total. The van der Waals surface area contributed by atoms with Gasteiger partial charge in [0.25, 0.3) is 5.65 Å². The molecule has 0 N–H and O–H groups in total. The maximum atomic E-state index is 4.89. The van der Waals surface area contributed by atoms with Crippen LogP contribution < -0.4 is 4.57 Å². The van der Waals surface area contributed by atoms with E-state index in [-0.39, 0.29) is 0 Å². The number of imidazole rings is 1. The third kappa shape index (κ3) is 2.88. The maximum Gasteiger partial charge on any atom is 0.323 e. The highest BCUT2D eigenvalue weighted by atomic mass is 32.2. The van der Waals surface area contributed by atoms with E-state index in [9.17, 15) is 0 Å². The molecule has 0 bridgehead atoms. The lowest BCUT2D eigenvalue weighted by molar-refractivity contribution is -0.672. The monoisotopic (exact) mass is 366 g/mol. The number of para-hydroxylation sites is 2. The molecular formula is C20H24N5S+. The van der Waals surface area contributed by atoms with Crippen LogP contribution >= 0.6 is 11.8 Å². The number of aryl methyl sites for hydroxylation is 2. The van der Waals surface area contributed by atoms with E-state index in [1.807, 2.05) is 36.0 Å². The number of hydrogen-bond acceptors (Lipinski definition) is 4. The van der Waals surface area contributed by atoms with Gasteiger partial charge in [0.2, 0.25) is 5.82 Å². The van der Waals surface area contributed by atoms with Crippen LogP contribution in [0.25, 0.3) is 28.4 Å². The van der Waals surface area contributed by atoms with Crippen LogP contribution in [0.3, 0.4) is 0 Å². The van der Waals surface area contributed by atoms with Crippen molar-refractivity contribution >= 4 is 40.2 Å². The summed E-state index contributed by atoms with van der Waals surface area (Å²) in [6, 6.07) is 8.08. The Morgan fingerprint density at radius 1 is 1.19 bits per heavy atom. The van der Waals surface area contributed by atoms with E-state index >= 15 is 0 Å². The average Bonchev–Trinajstić information content (AvgIpc) is 3.20. The molecule has 1 aliphatic rings. The molecule has 1 aromatic carbocycles. The molecule has 3 heterocycles. The standard InChI is InChI=1S/C20H24N5S/c1-4-24-17(11-8-12-18-23(3)13-14-26-18)25(5-2)20-19(24)21-15-9-6-7-10-16(15)22-20/h6-12H,4-5,13-14H2,1-3H3/q+1. The Morgan fingerprint density at radius 2 is 1.96 bits per heavy atom. The zero-order chi connectivity index (χ0) is 18.1. The molecular weight excluding hydrogens is 342 g/mol. The molecule has 4 rings (SSSR count). The number of nitrogens with zero attached hydrogens (tertiary/aromatic N) is 5. The average molecular weight is 367 g/mol. The summed E-state index contributed by atoms with van der Waals surface area (Å²) >= 11 is 1.91. The lowest BCUT2D eigenvalue weighted by atomic mass is 10.3. The molecule has 0 amide bonds. The quantitative estimate of drug-likeness (QED) is 0.663. The van der Waals surface area contributed by atoms with E-state index in [1.165, 1.54) is 10.8 Å². The number of allylic oxidation sites excluding steroid dienone is 2. The summed E-state index contributed by atoms with van der Waals surface area (Å²) in [4.78, 5) is 12.1. The van der Waals surface area contributed by atoms with Gasteiger partial charge in [-0.1, -0.05) is 23.2 Å². The van der Waals surface area contributed by atoms with E-state index in [1.54, 1.807) is 0 Å². The van der Waals surface area contributed by atoms with Gasteiger partial charge in [-0.25, -0.2) is 14.1 Å². The Bertz CT molecular complexity index is 957. The van der Waals surface area contributed by atoms with Crippen molar-refractivity contribution in [3.05, 3.63) is 47.3 Å². The Kier molecular flexibility index (Phi) is 4.68. The minimum atomic E-state index is 0.863. The molecule has 6 heteroatoms. The van der Waals surface area contributed by atoms with Gasteiger partial charge < -0.3 is 4.90 Å². The fourth-order valence-corrected chi connectivity index (χ4v) is 4.47. The highest BCUT2D eigenvalue weighted by Gasteiger charge is 2.23. The summed E-state index contributed by atoms with van der Waals surface area (Å²) < 4.78 is 4.50. The van der Waals surface area contributed by atoms with Crippen molar-refractivity contribution < 1.29 is 4.57 Å². The Hall–Kier alpha value is -2.34. The molecule has 0 atom stereocenters. The van der Waals surface area contributed by atoms with Crippen molar-refractivity contribution in [2.45, 2.75) is 26.9 Å². The maximum absolute atomic E-state index is 4.89. The van der Waals surface area contributed by atoms with Gasteiger partial charge in [0.15, 0.2) is 5.52 Å². The number of benzene rings is 1. The van der Waals surface area contributed by atoms with Crippen molar-refractivity contribution in [2.75, 3.05) is 19.3 Å². The molecule has 2 aromatic heterocycles. The number of thioether (sulfide) groups is 1. The highest BCUT2D eigenvalue weighted by molar-refractivity contribution is 8.03. The van der Waals surface area contributed by atoms with Crippen molar-refractivity contribution in [3.63, 3.8) is 0 Å². The Morgan fingerprint density at radius 3 is 2.62 bits per heavy atom. The van der Waals surface area contributed by atoms with Gasteiger partial charge in [-0.2, -0.15) is 0 Å². The summed E-state index contributed by atoms with van der Waals surface area (Å²) in [5, 5.41) is 1.32. The van der Waals surface area contributed by atoms with Crippen LogP contribution in [-0.2, 0) is 13.1 Å². The molecule has 134 valence electrons. The first-order valence-electron chi connectivity index (χ1n) is 9.14. The second kappa shape index (κ2) is 7.11. The van der Waals surface area contributed by atoms with Crippen molar-refractivity contribution in [2.24, 2.45) is 0 Å². The van der Waals surface area contributed by atoms with E-state index < -0.39 is 0 Å². The Balaban J connectivity index is 1.86. The summed E-state index contributed by atoms with van der Waals surface area (Å²) in [7, 11) is 2.15. The number of hydrogen-bond donors (Lipinski definition) is 0. The fourth-order valence-electron chi connectivity index (χ4n) is 3.41. The zero-order valence-electron chi connectivity index (χ0n) is 15.5. The van der Waals surface area contributed by atoms with Crippen LogP contribution in [0, 0.1) is 0 Å². The van der Waals surface area contributed by atoms with Gasteiger partial charge in [-0.15, -0.1) is 11.8 Å². The van der Waals surface area contributed by atoms with Crippen LogP contribution in [0.15, 0.2) is 41.4 Å². The first-order valence-corrected chi connectivity index (χ1v) is 10.1. The summed E-state index contributed by atoms with van der Waals surface area (Å²) in [5.41, 5.74) is 3.79. The molecule has 1 fully saturated rings. The predicted octanol–water partition coefficient (Wildman–Crippen LogP) is 3.45. The van der Waals surface area contributed by atoms with Crippen LogP contribution in [0.4, 0.5) is 0 Å². The normalized spacial score (nSPS) is 16.7. The van der Waals surface area contributed by atoms with Crippen LogP contribution in [0.5, 0.6) is 0 Å². The second-order valence-corrected chi connectivity index (χ2v) is 7.46. The van der Waals surface area contributed by atoms with Crippen LogP contribution in [-0.4, -0.2) is 38.8 Å². The van der Waals surface area contributed by atoms with Gasteiger partial charge in [0.1, 0.15) is 5.52 Å². The summed E-state index contributed by atoms with van der Waals surface area (Å²) in [6.07, 6.45) is 6.53. The third-order valence-corrected chi connectivity index (χ3v) is 5.90. The summed E-state index contributed by atoms with van der Waals surface area (Å²) in [6.45, 7) is 7.16. The minimum Gasteiger partial charge on any atom is -0.369 e. The van der Waals surface area contributed by atoms with E-state index in [0.717, 1.165) is 47.8 Å². The molecule has 0 saturated carbocycles. The first-order chi connectivity index (χ1) is 12.7. The first kappa shape index (κ1) is 17.1. The largest absolute Gasteiger partial charge is 0.369 e. The lowest BCUT2D eigenvalue weighted by Gasteiger charge is -2.09.